The van der Waals surface area contributed by atoms with Crippen LogP contribution in [0.3, 0.4) is 0 Å². The number of primary amides is 1. The van der Waals surface area contributed by atoms with Crippen molar-refractivity contribution < 1.29 is 9.90 Å². The maximum absolute atomic E-state index is 12.1. The molecule has 0 saturated carbocycles. The Morgan fingerprint density at radius 2 is 1.95 bits per heavy atom. The number of rotatable bonds is 8. The van der Waals surface area contributed by atoms with Crippen molar-refractivity contribution in [2.75, 3.05) is 12.4 Å². The molecule has 0 spiro atoms. The maximum Gasteiger partial charge on any atom is 0.243 e. The van der Waals surface area contributed by atoms with Gasteiger partial charge in [-0.15, -0.1) is 0 Å². The van der Waals surface area contributed by atoms with Crippen LogP contribution in [-0.2, 0) is 10.3 Å². The molecule has 0 aliphatic carbocycles. The van der Waals surface area contributed by atoms with Gasteiger partial charge in [-0.3, -0.25) is 10.1 Å². The lowest BCUT2D eigenvalue weighted by Gasteiger charge is -2.34. The molecular weight excluding hydrogens is 272 g/mol. The molecule has 2 atom stereocenters. The van der Waals surface area contributed by atoms with Crippen molar-refractivity contribution in [1.82, 2.24) is 5.32 Å². The zero-order valence-corrected chi connectivity index (χ0v) is 13.1. The predicted octanol–water partition coefficient (Wildman–Crippen LogP) is 1.48. The van der Waals surface area contributed by atoms with E-state index in [-0.39, 0.29) is 17.9 Å². The zero-order valence-electron chi connectivity index (χ0n) is 12.3. The molecule has 20 heavy (non-hydrogen) atoms. The highest BCUT2D eigenvalue weighted by atomic mass is 32.2. The van der Waals surface area contributed by atoms with Gasteiger partial charge in [0.2, 0.25) is 5.91 Å². The topological polar surface area (TPSA) is 75.3 Å². The summed E-state index contributed by atoms with van der Waals surface area (Å²) in [6.45, 7) is 5.98. The van der Waals surface area contributed by atoms with Gasteiger partial charge in [-0.1, -0.05) is 37.3 Å². The summed E-state index contributed by atoms with van der Waals surface area (Å²) in [4.78, 5) is 12.1. The van der Waals surface area contributed by atoms with E-state index in [1.165, 1.54) is 11.8 Å². The van der Waals surface area contributed by atoms with Crippen molar-refractivity contribution >= 4 is 17.7 Å². The Kier molecular flexibility index (Phi) is 6.52. The van der Waals surface area contributed by atoms with E-state index in [2.05, 4.69) is 5.32 Å². The van der Waals surface area contributed by atoms with Crippen molar-refractivity contribution in [2.24, 2.45) is 5.73 Å². The number of hydrogen-bond acceptors (Lipinski definition) is 4. The number of benzene rings is 1. The van der Waals surface area contributed by atoms with Crippen LogP contribution in [0.25, 0.3) is 0 Å². The van der Waals surface area contributed by atoms with E-state index < -0.39 is 11.4 Å². The van der Waals surface area contributed by atoms with Gasteiger partial charge in [-0.25, -0.2) is 0 Å². The van der Waals surface area contributed by atoms with Gasteiger partial charge in [0.05, 0.1) is 6.61 Å². The third-order valence-corrected chi connectivity index (χ3v) is 4.38. The summed E-state index contributed by atoms with van der Waals surface area (Å²) in [6.07, 6.45) is 0. The first-order valence-corrected chi connectivity index (χ1v) is 7.83. The minimum absolute atomic E-state index is 0.0615. The average molecular weight is 296 g/mol. The number of nitrogens with two attached hydrogens (primary N) is 1. The van der Waals surface area contributed by atoms with Gasteiger partial charge in [0.25, 0.3) is 0 Å². The lowest BCUT2D eigenvalue weighted by molar-refractivity contribution is -0.124. The molecule has 0 heterocycles. The molecule has 0 aliphatic rings. The highest BCUT2D eigenvalue weighted by Gasteiger charge is 2.39. The minimum Gasteiger partial charge on any atom is -0.395 e. The Bertz CT molecular complexity index is 425. The fourth-order valence-corrected chi connectivity index (χ4v) is 3.06. The Labute approximate surface area is 125 Å². The second-order valence-corrected chi connectivity index (χ2v) is 6.67. The minimum atomic E-state index is -0.913. The van der Waals surface area contributed by atoms with Crippen LogP contribution in [0.1, 0.15) is 26.3 Å². The summed E-state index contributed by atoms with van der Waals surface area (Å²) < 4.78 is 0. The molecule has 112 valence electrons. The first kappa shape index (κ1) is 17.0. The molecule has 1 amide bonds. The van der Waals surface area contributed by atoms with Gasteiger partial charge in [0, 0.05) is 17.0 Å². The highest BCUT2D eigenvalue weighted by Crippen LogP contribution is 2.28. The molecule has 1 aromatic carbocycles. The summed E-state index contributed by atoms with van der Waals surface area (Å²) in [5.74, 6) is 0.0988. The number of amides is 1. The summed E-state index contributed by atoms with van der Waals surface area (Å²) in [5.41, 5.74) is 5.65. The Balaban J connectivity index is 3.11. The number of carbonyl (C=O) groups excluding carboxylic acids is 1. The van der Waals surface area contributed by atoms with Gasteiger partial charge in [-0.05, 0) is 19.4 Å². The Morgan fingerprint density at radius 3 is 2.40 bits per heavy atom. The third kappa shape index (κ3) is 4.23. The van der Waals surface area contributed by atoms with Crippen molar-refractivity contribution in [3.05, 3.63) is 35.9 Å². The third-order valence-electron chi connectivity index (χ3n) is 3.06. The summed E-state index contributed by atoms with van der Waals surface area (Å²) in [5, 5.41) is 12.5. The predicted molar refractivity (Wildman–Crippen MR) is 84.6 cm³/mol. The number of aliphatic hydroxyl groups excluding tert-OH is 1. The lowest BCUT2D eigenvalue weighted by atomic mass is 9.90. The fourth-order valence-electron chi connectivity index (χ4n) is 2.03. The van der Waals surface area contributed by atoms with Crippen LogP contribution in [0.4, 0.5) is 0 Å². The van der Waals surface area contributed by atoms with Crippen LogP contribution in [0.5, 0.6) is 0 Å². The van der Waals surface area contributed by atoms with Gasteiger partial charge >= 0.3 is 0 Å². The SMILES string of the molecule is CC(C)NC(CSC(C)CO)(C(N)=O)c1ccccc1. The number of nitrogens with one attached hydrogen (secondary N) is 1. The van der Waals surface area contributed by atoms with Gasteiger partial charge in [0.15, 0.2) is 0 Å². The van der Waals surface area contributed by atoms with E-state index in [9.17, 15) is 4.79 Å². The molecular formula is C15H24N2O2S. The van der Waals surface area contributed by atoms with Crippen molar-refractivity contribution in [3.8, 4) is 0 Å². The van der Waals surface area contributed by atoms with Gasteiger partial charge in [-0.2, -0.15) is 11.8 Å². The van der Waals surface area contributed by atoms with Crippen LogP contribution in [0.2, 0.25) is 0 Å². The van der Waals surface area contributed by atoms with Crippen LogP contribution < -0.4 is 11.1 Å². The first-order valence-electron chi connectivity index (χ1n) is 6.78. The van der Waals surface area contributed by atoms with E-state index >= 15 is 0 Å². The summed E-state index contributed by atoms with van der Waals surface area (Å²) in [7, 11) is 0. The molecule has 0 saturated heterocycles. The molecule has 0 aromatic heterocycles. The average Bonchev–Trinajstić information content (AvgIpc) is 2.43. The Hall–Kier alpha value is -1.04. The van der Waals surface area contributed by atoms with E-state index in [1.54, 1.807) is 0 Å². The number of hydrogen-bond donors (Lipinski definition) is 3. The lowest BCUT2D eigenvalue weighted by Crippen LogP contribution is -2.57. The highest BCUT2D eigenvalue weighted by molar-refractivity contribution is 8.00. The van der Waals surface area contributed by atoms with E-state index in [0.29, 0.717) is 5.75 Å². The molecule has 5 heteroatoms. The monoisotopic (exact) mass is 296 g/mol. The number of aliphatic hydroxyl groups is 1. The second kappa shape index (κ2) is 7.67. The van der Waals surface area contributed by atoms with Gasteiger partial charge in [0.1, 0.15) is 5.54 Å². The second-order valence-electron chi connectivity index (χ2n) is 5.24. The largest absolute Gasteiger partial charge is 0.395 e. The first-order chi connectivity index (χ1) is 9.42. The van der Waals surface area contributed by atoms with Gasteiger partial charge < -0.3 is 10.8 Å². The van der Waals surface area contributed by atoms with Crippen molar-refractivity contribution in [2.45, 2.75) is 37.6 Å². The molecule has 1 aromatic rings. The van der Waals surface area contributed by atoms with Crippen molar-refractivity contribution in [1.29, 1.82) is 0 Å². The fraction of sp³-hybridized carbons (Fsp3) is 0.533. The standard InChI is InChI=1S/C15H24N2O2S/c1-11(2)17-15(14(16)19,10-20-12(3)9-18)13-7-5-4-6-8-13/h4-8,11-12,17-18H,9-10H2,1-3H3,(H2,16,19). The Morgan fingerprint density at radius 1 is 1.35 bits per heavy atom. The molecule has 1 rings (SSSR count). The molecule has 0 fully saturated rings. The summed E-state index contributed by atoms with van der Waals surface area (Å²) >= 11 is 1.54. The maximum atomic E-state index is 12.1. The normalized spacial score (nSPS) is 15.8. The molecule has 0 radical (unpaired) electrons. The smallest absolute Gasteiger partial charge is 0.243 e. The number of thioether (sulfide) groups is 1. The summed E-state index contributed by atoms with van der Waals surface area (Å²) in [6, 6.07) is 9.64. The van der Waals surface area contributed by atoms with Crippen LogP contribution in [0.15, 0.2) is 30.3 Å². The zero-order chi connectivity index (χ0) is 15.2. The molecule has 2 unspecified atom stereocenters. The van der Waals surface area contributed by atoms with Crippen LogP contribution >= 0.6 is 11.8 Å². The number of carbonyl (C=O) groups is 1. The molecule has 0 bridgehead atoms. The molecule has 4 N–H and O–H groups in total. The molecule has 4 nitrogen and oxygen atoms in total. The van der Waals surface area contributed by atoms with E-state index in [1.807, 2.05) is 51.1 Å². The van der Waals surface area contributed by atoms with Crippen molar-refractivity contribution in [3.63, 3.8) is 0 Å². The van der Waals surface area contributed by atoms with E-state index in [4.69, 9.17) is 10.8 Å². The quantitative estimate of drug-likeness (QED) is 0.679. The van der Waals surface area contributed by atoms with Crippen LogP contribution in [-0.4, -0.2) is 34.7 Å². The molecule has 0 aliphatic heterocycles. The van der Waals surface area contributed by atoms with Crippen LogP contribution in [0, 0.1) is 0 Å². The van der Waals surface area contributed by atoms with E-state index in [0.717, 1.165) is 5.56 Å².